The second kappa shape index (κ2) is 7.37. The quantitative estimate of drug-likeness (QED) is 0.785. The Morgan fingerprint density at radius 3 is 2.29 bits per heavy atom. The van der Waals surface area contributed by atoms with E-state index in [1.54, 1.807) is 18.2 Å². The van der Waals surface area contributed by atoms with Crippen LogP contribution >= 0.6 is 0 Å². The summed E-state index contributed by atoms with van der Waals surface area (Å²) in [6.45, 7) is 0.650. The van der Waals surface area contributed by atoms with Crippen molar-refractivity contribution in [3.63, 3.8) is 0 Å². The summed E-state index contributed by atoms with van der Waals surface area (Å²) in [6.07, 6.45) is 0. The molecule has 120 valence electrons. The van der Waals surface area contributed by atoms with Gasteiger partial charge in [0.15, 0.2) is 0 Å². The number of nitrogens with zero attached hydrogens (tertiary/aromatic N) is 2. The van der Waals surface area contributed by atoms with Gasteiger partial charge in [-0.1, -0.05) is 48.5 Å². The van der Waals surface area contributed by atoms with Crippen molar-refractivity contribution >= 4 is 5.91 Å². The van der Waals surface area contributed by atoms with E-state index in [2.05, 4.69) is 10.4 Å². The summed E-state index contributed by atoms with van der Waals surface area (Å²) in [5.74, 6) is -0.164. The number of rotatable bonds is 5. The number of aromatic nitrogens is 2. The van der Waals surface area contributed by atoms with Crippen molar-refractivity contribution in [3.8, 4) is 11.3 Å². The van der Waals surface area contributed by atoms with Crippen LogP contribution in [0.15, 0.2) is 77.6 Å². The molecule has 0 radical (unpaired) electrons. The molecule has 0 saturated heterocycles. The Hall–Kier alpha value is -3.21. The van der Waals surface area contributed by atoms with Gasteiger partial charge in [-0.05, 0) is 18.2 Å². The summed E-state index contributed by atoms with van der Waals surface area (Å²) >= 11 is 0. The van der Waals surface area contributed by atoms with Crippen molar-refractivity contribution in [1.82, 2.24) is 15.1 Å². The fraction of sp³-hybridized carbons (Fsp3) is 0.105. The Kier molecular flexibility index (Phi) is 4.81. The first-order valence-electron chi connectivity index (χ1n) is 7.71. The van der Waals surface area contributed by atoms with Crippen molar-refractivity contribution in [1.29, 1.82) is 0 Å². The summed E-state index contributed by atoms with van der Waals surface area (Å²) in [6, 6.07) is 21.8. The average molecular weight is 319 g/mol. The van der Waals surface area contributed by atoms with Gasteiger partial charge < -0.3 is 5.32 Å². The SMILES string of the molecule is O=C(NCCn1nc(-c2ccccc2)ccc1=O)c1ccccc1. The van der Waals surface area contributed by atoms with Gasteiger partial charge in [-0.25, -0.2) is 4.68 Å². The molecule has 1 heterocycles. The third kappa shape index (κ3) is 3.76. The minimum absolute atomic E-state index is 0.164. The Bertz CT molecular complexity index is 874. The highest BCUT2D eigenvalue weighted by Crippen LogP contribution is 2.13. The molecule has 0 bridgehead atoms. The van der Waals surface area contributed by atoms with Crippen LogP contribution in [0.1, 0.15) is 10.4 Å². The summed E-state index contributed by atoms with van der Waals surface area (Å²) in [4.78, 5) is 23.9. The van der Waals surface area contributed by atoms with Gasteiger partial charge in [-0.2, -0.15) is 5.10 Å². The van der Waals surface area contributed by atoms with Gasteiger partial charge in [-0.15, -0.1) is 0 Å². The molecule has 3 rings (SSSR count). The van der Waals surface area contributed by atoms with Gasteiger partial charge >= 0.3 is 0 Å². The predicted octanol–water partition coefficient (Wildman–Crippen LogP) is 2.34. The van der Waals surface area contributed by atoms with Gasteiger partial charge in [0, 0.05) is 23.7 Å². The number of benzene rings is 2. The van der Waals surface area contributed by atoms with Gasteiger partial charge in [0.2, 0.25) is 0 Å². The summed E-state index contributed by atoms with van der Waals surface area (Å²) in [5, 5.41) is 7.16. The molecule has 5 heteroatoms. The first kappa shape index (κ1) is 15.7. The van der Waals surface area contributed by atoms with Crippen molar-refractivity contribution < 1.29 is 4.79 Å². The maximum absolute atomic E-state index is 12.0. The minimum Gasteiger partial charge on any atom is -0.350 e. The van der Waals surface area contributed by atoms with Crippen LogP contribution in [0, 0.1) is 0 Å². The van der Waals surface area contributed by atoms with Gasteiger partial charge in [0.25, 0.3) is 11.5 Å². The lowest BCUT2D eigenvalue weighted by molar-refractivity contribution is 0.0952. The summed E-state index contributed by atoms with van der Waals surface area (Å²) in [5.41, 5.74) is 2.07. The fourth-order valence-corrected chi connectivity index (χ4v) is 2.34. The molecule has 0 aliphatic carbocycles. The minimum atomic E-state index is -0.191. The van der Waals surface area contributed by atoms with Crippen LogP contribution in [0.5, 0.6) is 0 Å². The lowest BCUT2D eigenvalue weighted by Crippen LogP contribution is -2.31. The van der Waals surface area contributed by atoms with Crippen molar-refractivity contribution in [3.05, 3.63) is 88.7 Å². The van der Waals surface area contributed by atoms with E-state index in [9.17, 15) is 9.59 Å². The van der Waals surface area contributed by atoms with Gasteiger partial charge in [0.1, 0.15) is 0 Å². The second-order valence-corrected chi connectivity index (χ2v) is 5.27. The average Bonchev–Trinajstić information content (AvgIpc) is 2.64. The maximum atomic E-state index is 12.0. The first-order valence-corrected chi connectivity index (χ1v) is 7.71. The lowest BCUT2D eigenvalue weighted by Gasteiger charge is -2.08. The van der Waals surface area contributed by atoms with E-state index in [0.29, 0.717) is 18.7 Å². The molecule has 5 nitrogen and oxygen atoms in total. The molecule has 3 aromatic rings. The van der Waals surface area contributed by atoms with Crippen LogP contribution in [0.2, 0.25) is 0 Å². The lowest BCUT2D eigenvalue weighted by atomic mass is 10.1. The van der Waals surface area contributed by atoms with Crippen LogP contribution in [-0.2, 0) is 6.54 Å². The van der Waals surface area contributed by atoms with Crippen LogP contribution in [0.3, 0.4) is 0 Å². The number of amides is 1. The Morgan fingerprint density at radius 1 is 0.917 bits per heavy atom. The maximum Gasteiger partial charge on any atom is 0.266 e. The molecular formula is C19H17N3O2. The van der Waals surface area contributed by atoms with E-state index in [-0.39, 0.29) is 11.5 Å². The Morgan fingerprint density at radius 2 is 1.58 bits per heavy atom. The molecule has 2 aromatic carbocycles. The molecule has 0 spiro atoms. The van der Waals surface area contributed by atoms with E-state index in [4.69, 9.17) is 0 Å². The Labute approximate surface area is 139 Å². The molecule has 1 amide bonds. The highest BCUT2D eigenvalue weighted by Gasteiger charge is 2.06. The van der Waals surface area contributed by atoms with Crippen molar-refractivity contribution in [2.45, 2.75) is 6.54 Å². The zero-order valence-corrected chi connectivity index (χ0v) is 13.1. The van der Waals surface area contributed by atoms with Crippen LogP contribution in [0.4, 0.5) is 0 Å². The fourth-order valence-electron chi connectivity index (χ4n) is 2.34. The van der Waals surface area contributed by atoms with E-state index in [0.717, 1.165) is 11.3 Å². The Balaban J connectivity index is 1.67. The smallest absolute Gasteiger partial charge is 0.266 e. The predicted molar refractivity (Wildman–Crippen MR) is 92.7 cm³/mol. The zero-order chi connectivity index (χ0) is 16.8. The van der Waals surface area contributed by atoms with E-state index >= 15 is 0 Å². The van der Waals surface area contributed by atoms with E-state index in [1.807, 2.05) is 48.5 Å². The first-order chi connectivity index (χ1) is 11.7. The van der Waals surface area contributed by atoms with Crippen LogP contribution < -0.4 is 10.9 Å². The van der Waals surface area contributed by atoms with Crippen LogP contribution in [-0.4, -0.2) is 22.2 Å². The molecule has 0 aliphatic rings. The normalized spacial score (nSPS) is 10.3. The number of hydrogen-bond acceptors (Lipinski definition) is 3. The highest BCUT2D eigenvalue weighted by atomic mass is 16.1. The molecule has 0 fully saturated rings. The number of hydrogen-bond donors (Lipinski definition) is 1. The molecule has 0 saturated carbocycles. The molecule has 0 aliphatic heterocycles. The molecule has 1 aromatic heterocycles. The number of nitrogens with one attached hydrogen (secondary N) is 1. The topological polar surface area (TPSA) is 64.0 Å². The molecule has 24 heavy (non-hydrogen) atoms. The molecule has 0 unspecified atom stereocenters. The standard InChI is InChI=1S/C19H17N3O2/c23-18-12-11-17(15-7-3-1-4-8-15)21-22(18)14-13-20-19(24)16-9-5-2-6-10-16/h1-12H,13-14H2,(H,20,24). The highest BCUT2D eigenvalue weighted by molar-refractivity contribution is 5.94. The number of carbonyl (C=O) groups excluding carboxylic acids is 1. The van der Waals surface area contributed by atoms with Crippen molar-refractivity contribution in [2.75, 3.05) is 6.54 Å². The monoisotopic (exact) mass is 319 g/mol. The molecular weight excluding hydrogens is 302 g/mol. The molecule has 1 N–H and O–H groups in total. The third-order valence-corrected chi connectivity index (χ3v) is 3.58. The zero-order valence-electron chi connectivity index (χ0n) is 13.1. The van der Waals surface area contributed by atoms with Crippen LogP contribution in [0.25, 0.3) is 11.3 Å². The van der Waals surface area contributed by atoms with Gasteiger partial charge in [0.05, 0.1) is 12.2 Å². The summed E-state index contributed by atoms with van der Waals surface area (Å²) < 4.78 is 1.37. The molecule has 0 atom stereocenters. The third-order valence-electron chi connectivity index (χ3n) is 3.58. The largest absolute Gasteiger partial charge is 0.350 e. The van der Waals surface area contributed by atoms with Gasteiger partial charge in [-0.3, -0.25) is 9.59 Å². The van der Waals surface area contributed by atoms with E-state index in [1.165, 1.54) is 10.7 Å². The number of carbonyl (C=O) groups is 1. The second-order valence-electron chi connectivity index (χ2n) is 5.27. The summed E-state index contributed by atoms with van der Waals surface area (Å²) in [7, 11) is 0. The van der Waals surface area contributed by atoms with Crippen molar-refractivity contribution in [2.24, 2.45) is 0 Å². The van der Waals surface area contributed by atoms with E-state index < -0.39 is 0 Å².